The van der Waals surface area contributed by atoms with Crippen LogP contribution in [-0.4, -0.2) is 10.4 Å². The Balaban J connectivity index is 1.33. The molecule has 1 aromatic heterocycles. The lowest BCUT2D eigenvalue weighted by Gasteiger charge is -2.26. The molecule has 6 rings (SSSR count). The fourth-order valence-corrected chi connectivity index (χ4v) is 5.79. The normalized spacial score (nSPS) is 26.5. The molecule has 0 spiro atoms. The monoisotopic (exact) mass is 357 g/mol. The van der Waals surface area contributed by atoms with Gasteiger partial charge in [-0.15, -0.1) is 0 Å². The number of carbonyl (C=O) groups is 1. The van der Waals surface area contributed by atoms with Crippen molar-refractivity contribution >= 4 is 16.7 Å². The Morgan fingerprint density at radius 3 is 2.93 bits per heavy atom. The molecule has 4 aliphatic rings. The molecule has 1 unspecified atom stereocenters. The van der Waals surface area contributed by atoms with Crippen LogP contribution in [0.2, 0.25) is 0 Å². The van der Waals surface area contributed by atoms with Gasteiger partial charge < -0.3 is 4.57 Å². The number of aryl methyl sites for hydroxylation is 2. The predicted molar refractivity (Wildman–Crippen MR) is 109 cm³/mol. The second-order valence-corrected chi connectivity index (χ2v) is 9.11. The van der Waals surface area contributed by atoms with E-state index in [0.29, 0.717) is 11.7 Å². The summed E-state index contributed by atoms with van der Waals surface area (Å²) in [4.78, 5) is 13.6. The van der Waals surface area contributed by atoms with Crippen molar-refractivity contribution in [2.75, 3.05) is 0 Å². The van der Waals surface area contributed by atoms with E-state index in [0.717, 1.165) is 43.7 Å². The molecule has 0 amide bonds. The third-order valence-corrected chi connectivity index (χ3v) is 7.34. The highest BCUT2D eigenvalue weighted by Gasteiger charge is 2.36. The van der Waals surface area contributed by atoms with Gasteiger partial charge in [0.15, 0.2) is 5.78 Å². The van der Waals surface area contributed by atoms with E-state index < -0.39 is 0 Å². The lowest BCUT2D eigenvalue weighted by Crippen LogP contribution is -2.25. The van der Waals surface area contributed by atoms with Gasteiger partial charge in [-0.05, 0) is 68.8 Å². The van der Waals surface area contributed by atoms with E-state index in [4.69, 9.17) is 0 Å². The van der Waals surface area contributed by atoms with E-state index in [1.54, 1.807) is 5.57 Å². The largest absolute Gasteiger partial charge is 0.344 e. The zero-order valence-electron chi connectivity index (χ0n) is 15.9. The van der Waals surface area contributed by atoms with E-state index in [-0.39, 0.29) is 5.92 Å². The summed E-state index contributed by atoms with van der Waals surface area (Å²) in [5.74, 6) is 2.03. The Bertz CT molecular complexity index is 1000. The number of ketones is 1. The van der Waals surface area contributed by atoms with Gasteiger partial charge in [0.25, 0.3) is 0 Å². The Hall–Kier alpha value is -2.09. The van der Waals surface area contributed by atoms with Crippen LogP contribution < -0.4 is 0 Å². The van der Waals surface area contributed by atoms with Crippen molar-refractivity contribution in [1.82, 2.24) is 4.57 Å². The molecule has 2 heteroatoms. The van der Waals surface area contributed by atoms with E-state index >= 15 is 0 Å². The molecule has 1 saturated carbocycles. The van der Waals surface area contributed by atoms with Crippen LogP contribution in [0.5, 0.6) is 0 Å². The Kier molecular flexibility index (Phi) is 3.51. The molecule has 2 heterocycles. The Morgan fingerprint density at radius 2 is 2.04 bits per heavy atom. The van der Waals surface area contributed by atoms with Gasteiger partial charge in [-0.1, -0.05) is 42.0 Å². The molecule has 0 N–H and O–H groups in total. The number of Topliss-reactive ketones (excluding diaryl/α,β-unsaturated/α-hetero) is 1. The summed E-state index contributed by atoms with van der Waals surface area (Å²) in [7, 11) is 0. The summed E-state index contributed by atoms with van der Waals surface area (Å²) >= 11 is 0. The summed E-state index contributed by atoms with van der Waals surface area (Å²) in [5, 5.41) is 1.23. The van der Waals surface area contributed by atoms with Crippen LogP contribution in [0.4, 0.5) is 0 Å². The fraction of sp³-hybridized carbons (Fsp3) is 0.480. The number of benzene rings is 1. The maximum atomic E-state index is 13.6. The molecule has 3 aliphatic carbocycles. The molecule has 0 bridgehead atoms. The van der Waals surface area contributed by atoms with Gasteiger partial charge in [0.1, 0.15) is 0 Å². The number of fused-ring (bicyclic) bond motifs is 3. The van der Waals surface area contributed by atoms with Crippen molar-refractivity contribution in [2.24, 2.45) is 17.8 Å². The lowest BCUT2D eigenvalue weighted by atomic mass is 9.78. The van der Waals surface area contributed by atoms with Gasteiger partial charge in [0.2, 0.25) is 0 Å². The molecule has 2 aromatic rings. The minimum atomic E-state index is 0.191. The number of nitrogens with zero attached hydrogens (tertiary/aromatic N) is 1. The van der Waals surface area contributed by atoms with Crippen molar-refractivity contribution in [3.63, 3.8) is 0 Å². The topological polar surface area (TPSA) is 22.0 Å². The van der Waals surface area contributed by atoms with Crippen molar-refractivity contribution in [3.05, 3.63) is 58.8 Å². The van der Waals surface area contributed by atoms with Crippen LogP contribution >= 0.6 is 0 Å². The molecular formula is C25H27NO. The number of para-hydroxylation sites is 1. The number of aromatic nitrogens is 1. The number of carbonyl (C=O) groups excluding carboxylic acids is 1. The van der Waals surface area contributed by atoms with Crippen LogP contribution in [0, 0.1) is 17.8 Å². The number of hydrogen-bond donors (Lipinski definition) is 0. The third kappa shape index (κ3) is 2.49. The first-order chi connectivity index (χ1) is 13.3. The van der Waals surface area contributed by atoms with Gasteiger partial charge in [-0.3, -0.25) is 4.79 Å². The average molecular weight is 357 g/mol. The molecule has 0 saturated heterocycles. The summed E-state index contributed by atoms with van der Waals surface area (Å²) in [6, 6.07) is 6.60. The molecule has 2 nitrogen and oxygen atoms in total. The summed E-state index contributed by atoms with van der Waals surface area (Å²) in [5.41, 5.74) is 6.77. The second kappa shape index (κ2) is 5.95. The SMILES string of the molecule is O=C1c2c(n3c4c(cccc24)CCC3)CC[C@@H]1CC1C=CC=C1CC1CC1. The van der Waals surface area contributed by atoms with Crippen LogP contribution in [0.1, 0.15) is 60.1 Å². The first-order valence-corrected chi connectivity index (χ1v) is 10.8. The molecule has 2 atom stereocenters. The second-order valence-electron chi connectivity index (χ2n) is 9.11. The number of rotatable bonds is 4. The van der Waals surface area contributed by atoms with E-state index in [9.17, 15) is 4.79 Å². The first kappa shape index (κ1) is 15.9. The third-order valence-electron chi connectivity index (χ3n) is 7.34. The van der Waals surface area contributed by atoms with E-state index in [1.165, 1.54) is 47.8 Å². The summed E-state index contributed by atoms with van der Waals surface area (Å²) < 4.78 is 2.48. The molecule has 1 aliphatic heterocycles. The number of allylic oxidation sites excluding steroid dienone is 4. The Morgan fingerprint density at radius 1 is 1.11 bits per heavy atom. The van der Waals surface area contributed by atoms with Gasteiger partial charge in [0, 0.05) is 29.1 Å². The molecule has 27 heavy (non-hydrogen) atoms. The maximum Gasteiger partial charge on any atom is 0.168 e. The molecule has 0 radical (unpaired) electrons. The highest BCUT2D eigenvalue weighted by atomic mass is 16.1. The molecule has 138 valence electrons. The zero-order valence-corrected chi connectivity index (χ0v) is 15.9. The standard InChI is InChI=1S/C25H27NO/c27-25-20(15-19-6-1-5-18(19)14-16-9-10-16)11-12-22-23(25)21-8-2-4-17-7-3-13-26(22)24(17)21/h1-2,4-6,8,16,19-20H,3,7,9-15H2/t19?,20-/m1/s1. The average Bonchev–Trinajstić information content (AvgIpc) is 3.30. The summed E-state index contributed by atoms with van der Waals surface area (Å²) in [6.45, 7) is 1.08. The van der Waals surface area contributed by atoms with Gasteiger partial charge >= 0.3 is 0 Å². The quantitative estimate of drug-likeness (QED) is 0.694. The van der Waals surface area contributed by atoms with Crippen LogP contribution in [0.3, 0.4) is 0 Å². The highest BCUT2D eigenvalue weighted by molar-refractivity contribution is 6.12. The van der Waals surface area contributed by atoms with Gasteiger partial charge in [0.05, 0.1) is 5.52 Å². The summed E-state index contributed by atoms with van der Waals surface area (Å²) in [6.07, 6.45) is 16.4. The highest BCUT2D eigenvalue weighted by Crippen LogP contribution is 2.43. The number of hydrogen-bond acceptors (Lipinski definition) is 1. The minimum Gasteiger partial charge on any atom is -0.344 e. The smallest absolute Gasteiger partial charge is 0.168 e. The molecule has 1 aromatic carbocycles. The van der Waals surface area contributed by atoms with Crippen molar-refractivity contribution < 1.29 is 4.79 Å². The molecular weight excluding hydrogens is 330 g/mol. The predicted octanol–water partition coefficient (Wildman–Crippen LogP) is 5.64. The lowest BCUT2D eigenvalue weighted by molar-refractivity contribution is 0.0889. The van der Waals surface area contributed by atoms with Crippen LogP contribution in [0.25, 0.3) is 10.9 Å². The van der Waals surface area contributed by atoms with Crippen LogP contribution in [-0.2, 0) is 19.4 Å². The van der Waals surface area contributed by atoms with E-state index in [2.05, 4.69) is 41.0 Å². The van der Waals surface area contributed by atoms with E-state index in [1.807, 2.05) is 0 Å². The minimum absolute atomic E-state index is 0.191. The van der Waals surface area contributed by atoms with Crippen LogP contribution in [0.15, 0.2) is 42.0 Å². The van der Waals surface area contributed by atoms with Crippen molar-refractivity contribution in [1.29, 1.82) is 0 Å². The zero-order chi connectivity index (χ0) is 18.0. The fourth-order valence-electron chi connectivity index (χ4n) is 5.79. The first-order valence-electron chi connectivity index (χ1n) is 10.8. The van der Waals surface area contributed by atoms with Gasteiger partial charge in [-0.25, -0.2) is 0 Å². The molecule has 1 fully saturated rings. The Labute approximate surface area is 160 Å². The van der Waals surface area contributed by atoms with Gasteiger partial charge in [-0.2, -0.15) is 0 Å². The maximum absolute atomic E-state index is 13.6. The van der Waals surface area contributed by atoms with Crippen molar-refractivity contribution in [3.8, 4) is 0 Å². The van der Waals surface area contributed by atoms with Crippen molar-refractivity contribution in [2.45, 2.75) is 57.9 Å².